The van der Waals surface area contributed by atoms with E-state index < -0.39 is 11.9 Å². The minimum absolute atomic E-state index is 0.00764. The summed E-state index contributed by atoms with van der Waals surface area (Å²) in [6.07, 6.45) is 0.800. The highest BCUT2D eigenvalue weighted by Crippen LogP contribution is 2.49. The van der Waals surface area contributed by atoms with Crippen LogP contribution < -0.4 is 10.1 Å². The van der Waals surface area contributed by atoms with Crippen LogP contribution in [0.4, 0.5) is 0 Å². The number of hydrogen-bond acceptors (Lipinski definition) is 6. The molecule has 1 heterocycles. The number of esters is 1. The first-order valence-corrected chi connectivity index (χ1v) is 11.3. The van der Waals surface area contributed by atoms with Crippen molar-refractivity contribution >= 4 is 27.7 Å². The monoisotopic (exact) mass is 491 g/mol. The third-order valence-electron chi connectivity index (χ3n) is 5.49. The fourth-order valence-corrected chi connectivity index (χ4v) is 4.80. The van der Waals surface area contributed by atoms with Gasteiger partial charge in [0.25, 0.3) is 0 Å². The van der Waals surface area contributed by atoms with Crippen LogP contribution in [-0.4, -0.2) is 29.6 Å². The summed E-state index contributed by atoms with van der Waals surface area (Å²) in [5.41, 5.74) is 3.01. The van der Waals surface area contributed by atoms with Crippen LogP contribution in [0.25, 0.3) is 0 Å². The zero-order valence-electron chi connectivity index (χ0n) is 18.9. The lowest BCUT2D eigenvalue weighted by Crippen LogP contribution is -2.39. The van der Waals surface area contributed by atoms with E-state index in [1.165, 1.54) is 0 Å². The van der Waals surface area contributed by atoms with Gasteiger partial charge in [0.15, 0.2) is 17.3 Å². The van der Waals surface area contributed by atoms with E-state index in [1.54, 1.807) is 26.0 Å². The van der Waals surface area contributed by atoms with Gasteiger partial charge in [-0.3, -0.25) is 4.79 Å². The molecule has 2 N–H and O–H groups in total. The Hall–Kier alpha value is -2.28. The fraction of sp³-hybridized carbons (Fsp3) is 0.500. The number of halogens is 1. The molecule has 31 heavy (non-hydrogen) atoms. The van der Waals surface area contributed by atoms with Gasteiger partial charge in [0, 0.05) is 29.3 Å². The average Bonchev–Trinajstić information content (AvgIpc) is 2.62. The van der Waals surface area contributed by atoms with Gasteiger partial charge in [-0.2, -0.15) is 0 Å². The molecular weight excluding hydrogens is 462 g/mol. The molecule has 0 saturated heterocycles. The Labute approximate surface area is 191 Å². The number of ketones is 1. The summed E-state index contributed by atoms with van der Waals surface area (Å²) < 4.78 is 11.6. The summed E-state index contributed by atoms with van der Waals surface area (Å²) in [7, 11) is 0. The highest BCUT2D eigenvalue weighted by molar-refractivity contribution is 9.10. The van der Waals surface area contributed by atoms with E-state index in [4.69, 9.17) is 9.47 Å². The fourth-order valence-electron chi connectivity index (χ4n) is 4.34. The van der Waals surface area contributed by atoms with E-state index in [-0.39, 0.29) is 23.1 Å². The van der Waals surface area contributed by atoms with Crippen molar-refractivity contribution in [3.05, 3.63) is 44.7 Å². The summed E-state index contributed by atoms with van der Waals surface area (Å²) in [6, 6.07) is 3.44. The topological polar surface area (TPSA) is 84.9 Å². The van der Waals surface area contributed by atoms with Crippen molar-refractivity contribution in [1.82, 2.24) is 5.32 Å². The van der Waals surface area contributed by atoms with E-state index in [1.807, 2.05) is 13.8 Å². The minimum atomic E-state index is -0.609. The van der Waals surface area contributed by atoms with Crippen LogP contribution in [0.2, 0.25) is 0 Å². The Morgan fingerprint density at radius 2 is 2.00 bits per heavy atom. The predicted molar refractivity (Wildman–Crippen MR) is 122 cm³/mol. The first-order chi connectivity index (χ1) is 14.4. The van der Waals surface area contributed by atoms with Crippen LogP contribution in [0.5, 0.6) is 11.5 Å². The number of dihydropyridines is 1. The number of carbonyl (C=O) groups excluding carboxylic acids is 2. The molecule has 0 unspecified atom stereocenters. The first kappa shape index (κ1) is 23.4. The van der Waals surface area contributed by atoms with E-state index in [2.05, 4.69) is 35.1 Å². The van der Waals surface area contributed by atoms with Crippen LogP contribution in [-0.2, 0) is 14.3 Å². The predicted octanol–water partition coefficient (Wildman–Crippen LogP) is 5.11. The van der Waals surface area contributed by atoms with Crippen LogP contribution in [0.15, 0.2) is 39.1 Å². The van der Waals surface area contributed by atoms with Gasteiger partial charge < -0.3 is 19.9 Å². The van der Waals surface area contributed by atoms with E-state index in [0.29, 0.717) is 52.1 Å². The minimum Gasteiger partial charge on any atom is -0.503 e. The summed E-state index contributed by atoms with van der Waals surface area (Å²) in [5.74, 6) is -0.783. The number of benzene rings is 1. The molecule has 168 valence electrons. The normalized spacial score (nSPS) is 20.5. The largest absolute Gasteiger partial charge is 0.503 e. The van der Waals surface area contributed by atoms with Crippen molar-refractivity contribution in [2.75, 3.05) is 6.61 Å². The molecule has 0 amide bonds. The van der Waals surface area contributed by atoms with Gasteiger partial charge in [-0.1, -0.05) is 13.8 Å². The van der Waals surface area contributed by atoms with Crippen molar-refractivity contribution in [3.8, 4) is 11.5 Å². The summed E-state index contributed by atoms with van der Waals surface area (Å²) in [4.78, 5) is 26.4. The number of ether oxygens (including phenoxy) is 2. The summed E-state index contributed by atoms with van der Waals surface area (Å²) in [6.45, 7) is 11.7. The third kappa shape index (κ3) is 4.66. The number of phenolic OH excluding ortho intramolecular Hbond substituents is 1. The molecule has 0 fully saturated rings. The maximum absolute atomic E-state index is 13.3. The van der Waals surface area contributed by atoms with Gasteiger partial charge in [-0.05, 0) is 73.2 Å². The van der Waals surface area contributed by atoms with E-state index >= 15 is 0 Å². The molecule has 0 saturated carbocycles. The smallest absolute Gasteiger partial charge is 0.337 e. The Bertz CT molecular complexity index is 990. The second-order valence-corrected chi connectivity index (χ2v) is 10.0. The Morgan fingerprint density at radius 3 is 2.61 bits per heavy atom. The standard InChI is InChI=1S/C24H30BrNO5/c1-7-30-18-9-14(8-15(25)22(18)28)20-19(23(29)31-12(2)3)13(4)26-16-10-24(5,6)11-17(27)21(16)20/h8-9,12,20,26,28H,7,10-11H2,1-6H3/t20-/m1/s1. The quantitative estimate of drug-likeness (QED) is 0.556. The maximum Gasteiger partial charge on any atom is 0.337 e. The zero-order chi connectivity index (χ0) is 23.1. The maximum atomic E-state index is 13.3. The van der Waals surface area contributed by atoms with Gasteiger partial charge in [-0.25, -0.2) is 4.79 Å². The molecule has 2 aliphatic rings. The zero-order valence-corrected chi connectivity index (χ0v) is 20.5. The summed E-state index contributed by atoms with van der Waals surface area (Å²) in [5, 5.41) is 13.7. The van der Waals surface area contributed by atoms with E-state index in [0.717, 1.165) is 5.70 Å². The van der Waals surface area contributed by atoms with Crippen molar-refractivity contribution in [3.63, 3.8) is 0 Å². The average molecular weight is 492 g/mol. The number of carbonyl (C=O) groups is 2. The Kier molecular flexibility index (Phi) is 6.56. The lowest BCUT2D eigenvalue weighted by Gasteiger charge is -2.39. The molecule has 1 aromatic carbocycles. The van der Waals surface area contributed by atoms with Crippen molar-refractivity contribution < 1.29 is 24.2 Å². The van der Waals surface area contributed by atoms with E-state index in [9.17, 15) is 14.7 Å². The molecule has 1 aliphatic carbocycles. The van der Waals surface area contributed by atoms with Crippen LogP contribution in [0.1, 0.15) is 65.9 Å². The number of nitrogens with one attached hydrogen (secondary N) is 1. The van der Waals surface area contributed by atoms with Crippen LogP contribution >= 0.6 is 15.9 Å². The van der Waals surface area contributed by atoms with Gasteiger partial charge in [0.1, 0.15) is 0 Å². The second kappa shape index (κ2) is 8.69. The number of rotatable bonds is 5. The van der Waals surface area contributed by atoms with Crippen molar-refractivity contribution in [1.29, 1.82) is 0 Å². The molecular formula is C24H30BrNO5. The number of allylic oxidation sites excluding steroid dienone is 3. The highest BCUT2D eigenvalue weighted by atomic mass is 79.9. The molecule has 0 aromatic heterocycles. The van der Waals surface area contributed by atoms with Gasteiger partial charge in [-0.15, -0.1) is 0 Å². The Balaban J connectivity index is 2.23. The molecule has 1 aromatic rings. The van der Waals surface area contributed by atoms with Gasteiger partial charge >= 0.3 is 5.97 Å². The first-order valence-electron chi connectivity index (χ1n) is 10.6. The second-order valence-electron chi connectivity index (χ2n) is 9.17. The van der Waals surface area contributed by atoms with Gasteiger partial charge in [0.05, 0.1) is 22.8 Å². The number of Topliss-reactive ketones (excluding diaryl/α,β-unsaturated/α-hetero) is 1. The lowest BCUT2D eigenvalue weighted by molar-refractivity contribution is -0.143. The van der Waals surface area contributed by atoms with Crippen molar-refractivity contribution in [2.45, 2.75) is 66.4 Å². The van der Waals surface area contributed by atoms with Crippen LogP contribution in [0.3, 0.4) is 0 Å². The molecule has 0 bridgehead atoms. The highest BCUT2D eigenvalue weighted by Gasteiger charge is 2.43. The number of aromatic hydroxyl groups is 1. The molecule has 6 nitrogen and oxygen atoms in total. The molecule has 0 radical (unpaired) electrons. The third-order valence-corrected chi connectivity index (χ3v) is 6.09. The lowest BCUT2D eigenvalue weighted by atomic mass is 9.68. The molecule has 7 heteroatoms. The molecule has 1 aliphatic heterocycles. The molecule has 1 atom stereocenters. The van der Waals surface area contributed by atoms with Gasteiger partial charge in [0.2, 0.25) is 0 Å². The number of hydrogen-bond donors (Lipinski definition) is 2. The SMILES string of the molecule is CCOc1cc([C@@H]2C(C(=O)OC(C)C)=C(C)NC3=C2C(=O)CC(C)(C)C3)cc(Br)c1O. The van der Waals surface area contributed by atoms with Crippen LogP contribution in [0, 0.1) is 5.41 Å². The van der Waals surface area contributed by atoms with Crippen molar-refractivity contribution in [2.24, 2.45) is 5.41 Å². The molecule has 3 rings (SSSR count). The Morgan fingerprint density at radius 1 is 1.32 bits per heavy atom. The molecule has 0 spiro atoms. The summed E-state index contributed by atoms with van der Waals surface area (Å²) >= 11 is 3.39. The number of phenols is 1.